The molecule has 0 aliphatic heterocycles. The van der Waals surface area contributed by atoms with E-state index in [1.165, 1.54) is 12.8 Å². The Kier molecular flexibility index (Phi) is 1.59. The summed E-state index contributed by atoms with van der Waals surface area (Å²) >= 11 is 0. The predicted octanol–water partition coefficient (Wildman–Crippen LogP) is 2.69. The Balaban J connectivity index is 2.29. The van der Waals surface area contributed by atoms with E-state index in [0.29, 0.717) is 0 Å². The van der Waals surface area contributed by atoms with Gasteiger partial charge in [0.2, 0.25) is 0 Å². The summed E-state index contributed by atoms with van der Waals surface area (Å²) in [5, 5.41) is 0. The van der Waals surface area contributed by atoms with Crippen LogP contribution >= 0.6 is 0 Å². The molecule has 0 bridgehead atoms. The van der Waals surface area contributed by atoms with Gasteiger partial charge in [0.1, 0.15) is 0 Å². The molecule has 1 fully saturated rings. The van der Waals surface area contributed by atoms with Crippen LogP contribution in [0.3, 0.4) is 0 Å². The Bertz CT molecular complexity index is 68.1. The highest BCUT2D eigenvalue weighted by molar-refractivity contribution is 4.82. The highest BCUT2D eigenvalue weighted by Gasteiger charge is 2.32. The Morgan fingerprint density at radius 2 is 1.75 bits per heavy atom. The normalized spacial score (nSPS) is 46.1. The molecule has 1 rings (SSSR count). The first-order valence-electron chi connectivity index (χ1n) is 3.75. The van der Waals surface area contributed by atoms with Crippen LogP contribution in [0.5, 0.6) is 0 Å². The van der Waals surface area contributed by atoms with E-state index in [1.807, 2.05) is 0 Å². The molecule has 0 aromatic rings. The van der Waals surface area contributed by atoms with Crippen LogP contribution in [0.2, 0.25) is 0 Å². The van der Waals surface area contributed by atoms with Crippen molar-refractivity contribution in [1.29, 1.82) is 0 Å². The summed E-state index contributed by atoms with van der Waals surface area (Å²) < 4.78 is 0. The largest absolute Gasteiger partial charge is 0.0651 e. The summed E-state index contributed by atoms with van der Waals surface area (Å²) in [6, 6.07) is 0. The lowest BCUT2D eigenvalue weighted by molar-refractivity contribution is 0.0977. The second kappa shape index (κ2) is 2.08. The molecule has 48 valence electrons. The first-order chi connectivity index (χ1) is 3.75. The topological polar surface area (TPSA) is 0 Å². The summed E-state index contributed by atoms with van der Waals surface area (Å²) in [5.41, 5.74) is 0. The lowest BCUT2D eigenvalue weighted by Crippen LogP contribution is -2.31. The molecule has 1 saturated carbocycles. The highest BCUT2D eigenvalue weighted by atomic mass is 14.4. The average Bonchev–Trinajstić information content (AvgIpc) is 1.67. The standard InChI is InChI=1S/C8H16/c1-4-8-6(2)5-7(8)3/h6-8H,4-5H2,1-3H3. The summed E-state index contributed by atoms with van der Waals surface area (Å²) in [4.78, 5) is 0. The smallest absolute Gasteiger partial charge is 0.0365 e. The van der Waals surface area contributed by atoms with Crippen LogP contribution in [0.1, 0.15) is 33.6 Å². The van der Waals surface area contributed by atoms with Gasteiger partial charge >= 0.3 is 0 Å². The molecule has 0 saturated heterocycles. The van der Waals surface area contributed by atoms with Crippen molar-refractivity contribution in [2.75, 3.05) is 0 Å². The van der Waals surface area contributed by atoms with Crippen molar-refractivity contribution in [2.45, 2.75) is 33.6 Å². The van der Waals surface area contributed by atoms with Crippen LogP contribution in [0.4, 0.5) is 0 Å². The van der Waals surface area contributed by atoms with Gasteiger partial charge in [0.15, 0.2) is 0 Å². The first kappa shape index (κ1) is 6.12. The molecule has 0 amide bonds. The second-order valence-electron chi connectivity index (χ2n) is 3.26. The van der Waals surface area contributed by atoms with E-state index in [2.05, 4.69) is 20.8 Å². The van der Waals surface area contributed by atoms with E-state index >= 15 is 0 Å². The van der Waals surface area contributed by atoms with Crippen LogP contribution in [-0.2, 0) is 0 Å². The summed E-state index contributed by atoms with van der Waals surface area (Å²) in [7, 11) is 0. The van der Waals surface area contributed by atoms with Gasteiger partial charge in [-0.15, -0.1) is 0 Å². The van der Waals surface area contributed by atoms with Gasteiger partial charge in [-0.1, -0.05) is 27.2 Å². The third kappa shape index (κ3) is 0.765. The van der Waals surface area contributed by atoms with Gasteiger partial charge in [0, 0.05) is 0 Å². The molecule has 0 nitrogen and oxygen atoms in total. The fraction of sp³-hybridized carbons (Fsp3) is 1.00. The van der Waals surface area contributed by atoms with Gasteiger partial charge in [0.05, 0.1) is 0 Å². The molecule has 0 heterocycles. The maximum atomic E-state index is 2.37. The Hall–Kier alpha value is 0. The fourth-order valence-corrected chi connectivity index (χ4v) is 2.11. The molecule has 2 unspecified atom stereocenters. The summed E-state index contributed by atoms with van der Waals surface area (Å²) in [5.74, 6) is 3.10. The third-order valence-electron chi connectivity index (χ3n) is 2.68. The molecule has 1 aliphatic carbocycles. The van der Waals surface area contributed by atoms with Crippen molar-refractivity contribution in [3.63, 3.8) is 0 Å². The van der Waals surface area contributed by atoms with Gasteiger partial charge < -0.3 is 0 Å². The van der Waals surface area contributed by atoms with Crippen LogP contribution < -0.4 is 0 Å². The number of hydrogen-bond acceptors (Lipinski definition) is 0. The quantitative estimate of drug-likeness (QED) is 0.489. The molecular weight excluding hydrogens is 96.1 g/mol. The lowest BCUT2D eigenvalue weighted by Gasteiger charge is -2.40. The van der Waals surface area contributed by atoms with E-state index in [-0.39, 0.29) is 0 Å². The van der Waals surface area contributed by atoms with Crippen molar-refractivity contribution in [1.82, 2.24) is 0 Å². The SMILES string of the molecule is CCC1C(C)CC1C. The van der Waals surface area contributed by atoms with Crippen molar-refractivity contribution in [2.24, 2.45) is 17.8 Å². The van der Waals surface area contributed by atoms with Crippen LogP contribution in [0.25, 0.3) is 0 Å². The Morgan fingerprint density at radius 1 is 1.25 bits per heavy atom. The van der Waals surface area contributed by atoms with Crippen molar-refractivity contribution in [3.8, 4) is 0 Å². The monoisotopic (exact) mass is 112 g/mol. The predicted molar refractivity (Wildman–Crippen MR) is 36.7 cm³/mol. The van der Waals surface area contributed by atoms with E-state index in [4.69, 9.17) is 0 Å². The molecule has 0 aromatic carbocycles. The van der Waals surface area contributed by atoms with Crippen molar-refractivity contribution in [3.05, 3.63) is 0 Å². The summed E-state index contributed by atoms with van der Waals surface area (Å²) in [6.45, 7) is 7.04. The van der Waals surface area contributed by atoms with E-state index in [9.17, 15) is 0 Å². The molecule has 0 heteroatoms. The molecule has 0 spiro atoms. The van der Waals surface area contributed by atoms with E-state index in [1.54, 1.807) is 0 Å². The van der Waals surface area contributed by atoms with Crippen molar-refractivity contribution >= 4 is 0 Å². The third-order valence-corrected chi connectivity index (χ3v) is 2.68. The van der Waals surface area contributed by atoms with Gasteiger partial charge in [-0.2, -0.15) is 0 Å². The minimum Gasteiger partial charge on any atom is -0.0651 e. The summed E-state index contributed by atoms with van der Waals surface area (Å²) in [6.07, 6.45) is 2.86. The van der Waals surface area contributed by atoms with E-state index in [0.717, 1.165) is 17.8 Å². The molecule has 0 radical (unpaired) electrons. The average molecular weight is 112 g/mol. The van der Waals surface area contributed by atoms with Crippen molar-refractivity contribution < 1.29 is 0 Å². The van der Waals surface area contributed by atoms with Crippen LogP contribution in [0, 0.1) is 17.8 Å². The highest BCUT2D eigenvalue weighted by Crippen LogP contribution is 2.41. The zero-order valence-electron chi connectivity index (χ0n) is 6.15. The molecule has 8 heavy (non-hydrogen) atoms. The number of hydrogen-bond donors (Lipinski definition) is 0. The number of rotatable bonds is 1. The molecule has 2 atom stereocenters. The van der Waals surface area contributed by atoms with Gasteiger partial charge in [-0.3, -0.25) is 0 Å². The minimum absolute atomic E-state index is 1.02. The fourth-order valence-electron chi connectivity index (χ4n) is 2.11. The zero-order valence-corrected chi connectivity index (χ0v) is 6.15. The Morgan fingerprint density at radius 3 is 1.88 bits per heavy atom. The van der Waals surface area contributed by atoms with Gasteiger partial charge in [-0.05, 0) is 24.2 Å². The van der Waals surface area contributed by atoms with Crippen LogP contribution in [0.15, 0.2) is 0 Å². The molecule has 0 N–H and O–H groups in total. The second-order valence-corrected chi connectivity index (χ2v) is 3.26. The van der Waals surface area contributed by atoms with Gasteiger partial charge in [0.25, 0.3) is 0 Å². The maximum Gasteiger partial charge on any atom is -0.0365 e. The zero-order chi connectivity index (χ0) is 6.15. The minimum atomic E-state index is 1.02. The maximum absolute atomic E-state index is 2.37. The molecule has 1 aliphatic rings. The lowest BCUT2D eigenvalue weighted by atomic mass is 9.65. The van der Waals surface area contributed by atoms with Crippen LogP contribution in [-0.4, -0.2) is 0 Å². The Labute approximate surface area is 52.3 Å². The van der Waals surface area contributed by atoms with Gasteiger partial charge in [-0.25, -0.2) is 0 Å². The molecular formula is C8H16. The van der Waals surface area contributed by atoms with E-state index < -0.39 is 0 Å². The first-order valence-corrected chi connectivity index (χ1v) is 3.75. The molecule has 0 aromatic heterocycles.